The summed E-state index contributed by atoms with van der Waals surface area (Å²) in [5.41, 5.74) is 1.68. The fraction of sp³-hybridized carbons (Fsp3) is 0.345. The largest absolute Gasteiger partial charge is 0.480 e. The number of amides is 1. The summed E-state index contributed by atoms with van der Waals surface area (Å²) in [7, 11) is 1.46. The van der Waals surface area contributed by atoms with Gasteiger partial charge in [-0.2, -0.15) is 0 Å². The van der Waals surface area contributed by atoms with Crippen LogP contribution in [0.2, 0.25) is 5.02 Å². The minimum Gasteiger partial charge on any atom is -0.480 e. The summed E-state index contributed by atoms with van der Waals surface area (Å²) in [5.74, 6) is -1.63. The number of fused-ring (bicyclic) bond motifs is 2. The van der Waals surface area contributed by atoms with Crippen molar-refractivity contribution in [2.24, 2.45) is 0 Å². The maximum absolute atomic E-state index is 16.3. The number of aliphatic hydroxyl groups excluding tert-OH is 1. The molecule has 0 bridgehead atoms. The summed E-state index contributed by atoms with van der Waals surface area (Å²) in [6.07, 6.45) is 1.79. The third kappa shape index (κ3) is 3.75. The maximum Gasteiger partial charge on any atom is 0.251 e. The van der Waals surface area contributed by atoms with Gasteiger partial charge in [0.05, 0.1) is 22.7 Å². The van der Waals surface area contributed by atoms with E-state index in [4.69, 9.17) is 16.3 Å². The van der Waals surface area contributed by atoms with Crippen LogP contribution >= 0.6 is 11.6 Å². The summed E-state index contributed by atoms with van der Waals surface area (Å²) < 4.78 is 38.2. The highest BCUT2D eigenvalue weighted by Gasteiger charge is 2.50. The van der Waals surface area contributed by atoms with Gasteiger partial charge in [-0.25, -0.2) is 8.78 Å². The fourth-order valence-electron chi connectivity index (χ4n) is 6.29. The second-order valence-corrected chi connectivity index (χ2v) is 10.5. The van der Waals surface area contributed by atoms with Crippen LogP contribution in [0.3, 0.4) is 0 Å². The van der Waals surface area contributed by atoms with E-state index in [-0.39, 0.29) is 46.3 Å². The quantitative estimate of drug-likeness (QED) is 0.463. The number of ether oxygens (including phenoxy) is 1. The van der Waals surface area contributed by atoms with Gasteiger partial charge in [-0.1, -0.05) is 41.9 Å². The van der Waals surface area contributed by atoms with Crippen LogP contribution in [0, 0.1) is 11.6 Å². The molecule has 3 N–H and O–H groups in total. The third-order valence-corrected chi connectivity index (χ3v) is 8.35. The summed E-state index contributed by atoms with van der Waals surface area (Å²) in [6.45, 7) is 0.837. The first-order valence-electron chi connectivity index (χ1n) is 12.6. The van der Waals surface area contributed by atoms with Crippen LogP contribution in [-0.4, -0.2) is 36.8 Å². The van der Waals surface area contributed by atoms with Crippen LogP contribution < -0.4 is 15.4 Å². The summed E-state index contributed by atoms with van der Waals surface area (Å²) in [5, 5.41) is 16.1. The molecule has 3 aliphatic rings. The number of benzene rings is 3. The Morgan fingerprint density at radius 2 is 1.95 bits per heavy atom. The highest BCUT2D eigenvalue weighted by atomic mass is 35.5. The number of rotatable bonds is 4. The van der Waals surface area contributed by atoms with Gasteiger partial charge in [0.15, 0.2) is 5.60 Å². The van der Waals surface area contributed by atoms with Crippen molar-refractivity contribution in [3.05, 3.63) is 86.9 Å². The molecule has 3 atom stereocenters. The summed E-state index contributed by atoms with van der Waals surface area (Å²) in [4.78, 5) is 13.0. The molecule has 1 fully saturated rings. The Kier molecular flexibility index (Phi) is 5.97. The molecule has 0 unspecified atom stereocenters. The Morgan fingerprint density at radius 3 is 2.65 bits per heavy atom. The van der Waals surface area contributed by atoms with E-state index in [1.54, 1.807) is 6.07 Å². The van der Waals surface area contributed by atoms with Crippen molar-refractivity contribution in [2.45, 2.75) is 49.9 Å². The van der Waals surface area contributed by atoms with Gasteiger partial charge in [-0.3, -0.25) is 4.79 Å². The van der Waals surface area contributed by atoms with Gasteiger partial charge >= 0.3 is 0 Å². The van der Waals surface area contributed by atoms with E-state index >= 15 is 8.78 Å². The van der Waals surface area contributed by atoms with Crippen molar-refractivity contribution >= 4 is 17.5 Å². The number of hydrogen-bond donors (Lipinski definition) is 3. The second-order valence-electron chi connectivity index (χ2n) is 10.1. The van der Waals surface area contributed by atoms with Crippen LogP contribution in [0.4, 0.5) is 8.78 Å². The number of hydrogen-bond acceptors (Lipinski definition) is 4. The zero-order chi connectivity index (χ0) is 25.9. The van der Waals surface area contributed by atoms with Crippen LogP contribution in [0.1, 0.15) is 45.5 Å². The van der Waals surface area contributed by atoms with Crippen molar-refractivity contribution in [1.29, 1.82) is 0 Å². The van der Waals surface area contributed by atoms with Gasteiger partial charge in [-0.05, 0) is 48.6 Å². The van der Waals surface area contributed by atoms with Gasteiger partial charge in [0.2, 0.25) is 0 Å². The van der Waals surface area contributed by atoms with Crippen molar-refractivity contribution in [3.63, 3.8) is 0 Å². The normalized spacial score (nSPS) is 24.0. The minimum absolute atomic E-state index is 0.0459. The molecule has 1 aliphatic carbocycles. The minimum atomic E-state index is -0.845. The molecule has 8 heteroatoms. The topological polar surface area (TPSA) is 70.6 Å². The average Bonchev–Trinajstić information content (AvgIpc) is 3.64. The smallest absolute Gasteiger partial charge is 0.251 e. The second kappa shape index (κ2) is 9.08. The molecule has 3 aromatic rings. The lowest BCUT2D eigenvalue weighted by atomic mass is 9.80. The Labute approximate surface area is 218 Å². The molecule has 3 aromatic carbocycles. The third-order valence-electron chi connectivity index (χ3n) is 7.98. The molecule has 37 heavy (non-hydrogen) atoms. The van der Waals surface area contributed by atoms with Crippen LogP contribution in [0.25, 0.3) is 11.1 Å². The molecular formula is C29H27ClF2N2O3. The van der Waals surface area contributed by atoms with Crippen LogP contribution in [0.5, 0.6) is 5.75 Å². The Hall–Kier alpha value is -3.00. The highest BCUT2D eigenvalue weighted by Crippen LogP contribution is 2.52. The highest BCUT2D eigenvalue weighted by molar-refractivity contribution is 6.34. The molecule has 5 nitrogen and oxygen atoms in total. The lowest BCUT2D eigenvalue weighted by Crippen LogP contribution is -2.48. The van der Waals surface area contributed by atoms with Gasteiger partial charge < -0.3 is 20.5 Å². The zero-order valence-electron chi connectivity index (χ0n) is 20.3. The van der Waals surface area contributed by atoms with E-state index in [2.05, 4.69) is 10.6 Å². The molecule has 0 saturated carbocycles. The van der Waals surface area contributed by atoms with Gasteiger partial charge in [-0.15, -0.1) is 0 Å². The van der Waals surface area contributed by atoms with Gasteiger partial charge in [0.1, 0.15) is 17.4 Å². The molecule has 2 aliphatic heterocycles. The Morgan fingerprint density at radius 1 is 1.16 bits per heavy atom. The van der Waals surface area contributed by atoms with Crippen molar-refractivity contribution in [2.75, 3.05) is 13.6 Å². The van der Waals surface area contributed by atoms with E-state index < -0.39 is 29.2 Å². The predicted molar refractivity (Wildman–Crippen MR) is 137 cm³/mol. The average molecular weight is 525 g/mol. The van der Waals surface area contributed by atoms with E-state index in [0.717, 1.165) is 24.9 Å². The number of carbonyl (C=O) groups excluding carboxylic acids is 1. The zero-order valence-corrected chi connectivity index (χ0v) is 21.1. The molecule has 1 saturated heterocycles. The van der Waals surface area contributed by atoms with Crippen LogP contribution in [-0.2, 0) is 24.9 Å². The number of halogens is 3. The first kappa shape index (κ1) is 24.3. The van der Waals surface area contributed by atoms with Gasteiger partial charge in [0.25, 0.3) is 5.91 Å². The molecule has 0 radical (unpaired) electrons. The molecule has 0 spiro atoms. The van der Waals surface area contributed by atoms with Crippen molar-refractivity contribution in [1.82, 2.24) is 10.6 Å². The maximum atomic E-state index is 16.3. The number of carbonyl (C=O) groups is 1. The van der Waals surface area contributed by atoms with E-state index in [1.807, 2.05) is 30.3 Å². The first-order chi connectivity index (χ1) is 17.8. The van der Waals surface area contributed by atoms with Crippen LogP contribution in [0.15, 0.2) is 42.5 Å². The number of aliphatic hydroxyl groups is 1. The molecule has 0 aromatic heterocycles. The number of nitrogens with one attached hydrogen (secondary N) is 2. The Balaban J connectivity index is 1.60. The monoisotopic (exact) mass is 524 g/mol. The lowest BCUT2D eigenvalue weighted by molar-refractivity contribution is 0.0539. The summed E-state index contributed by atoms with van der Waals surface area (Å²) >= 11 is 6.59. The van der Waals surface area contributed by atoms with Gasteiger partial charge in [0, 0.05) is 42.6 Å². The molecule has 192 valence electrons. The molecular weight excluding hydrogens is 498 g/mol. The van der Waals surface area contributed by atoms with E-state index in [1.165, 1.54) is 13.1 Å². The standard InChI is InChI=1S/C29H27ClF2N2O3/c1-33-28(36)19-11-15-10-17(35)12-18(15)27(32)25(19)24-20-14-29(23-8-5-9-34-23,16-6-3-2-4-7-16)37-22(20)13-21(31)26(24)30/h2-4,6-7,11,13,17,23,34-35H,5,8-10,12,14H2,1H3,(H,33,36)/t17-,23+,29+/m1/s1. The van der Waals surface area contributed by atoms with Crippen molar-refractivity contribution in [3.8, 4) is 16.9 Å². The van der Waals surface area contributed by atoms with Crippen molar-refractivity contribution < 1.29 is 23.4 Å². The molecule has 2 heterocycles. The molecule has 6 rings (SSSR count). The SMILES string of the molecule is CNC(=O)c1cc2c(c(F)c1-c1c(Cl)c(F)cc3c1C[C@](c1ccccc1)([C@@H]1CCCN1)O3)C[C@H](O)C2. The molecule has 1 amide bonds. The predicted octanol–water partition coefficient (Wildman–Crippen LogP) is 4.69. The van der Waals surface area contributed by atoms with E-state index in [0.29, 0.717) is 23.1 Å². The summed E-state index contributed by atoms with van der Waals surface area (Å²) in [6, 6.07) is 12.6. The van der Waals surface area contributed by atoms with E-state index in [9.17, 15) is 9.90 Å². The first-order valence-corrected chi connectivity index (χ1v) is 13.0. The Bertz CT molecular complexity index is 1410. The fourth-order valence-corrected chi connectivity index (χ4v) is 6.55. The lowest BCUT2D eigenvalue weighted by Gasteiger charge is -2.35.